The van der Waals surface area contributed by atoms with Gasteiger partial charge in [0.15, 0.2) is 0 Å². The molecule has 2 aromatic carbocycles. The average molecular weight is 552 g/mol. The van der Waals surface area contributed by atoms with Crippen LogP contribution in [0.15, 0.2) is 60.9 Å². The first kappa shape index (κ1) is 28.3. The molecule has 1 saturated heterocycles. The number of carbonyl (C=O) groups excluding carboxylic acids is 1. The lowest BCUT2D eigenvalue weighted by molar-refractivity contribution is 0.0371. The third kappa shape index (κ3) is 7.91. The number of nitriles is 1. The first-order valence-corrected chi connectivity index (χ1v) is 14.5. The molecule has 41 heavy (non-hydrogen) atoms. The number of H-pyrrole nitrogens is 1. The highest BCUT2D eigenvalue weighted by Gasteiger charge is 2.10. The van der Waals surface area contributed by atoms with Gasteiger partial charge in [-0.15, -0.1) is 0 Å². The number of nitrogens with zero attached hydrogens (tertiary/aromatic N) is 4. The molecule has 212 valence electrons. The van der Waals surface area contributed by atoms with Crippen molar-refractivity contribution in [2.24, 2.45) is 0 Å². The van der Waals surface area contributed by atoms with Gasteiger partial charge in [-0.3, -0.25) is 9.69 Å². The van der Waals surface area contributed by atoms with Crippen LogP contribution in [0.4, 0.5) is 5.95 Å². The predicted octanol–water partition coefficient (Wildman–Crippen LogP) is 4.77. The van der Waals surface area contributed by atoms with E-state index in [0.29, 0.717) is 30.0 Å². The van der Waals surface area contributed by atoms with Crippen molar-refractivity contribution in [3.63, 3.8) is 0 Å². The number of unbranched alkanes of at least 4 members (excludes halogenated alkanes) is 3. The normalized spacial score (nSPS) is 13.6. The smallest absolute Gasteiger partial charge is 0.251 e. The first-order valence-electron chi connectivity index (χ1n) is 14.5. The van der Waals surface area contributed by atoms with Crippen LogP contribution in [0.1, 0.15) is 47.2 Å². The van der Waals surface area contributed by atoms with Gasteiger partial charge in [-0.2, -0.15) is 5.26 Å². The van der Waals surface area contributed by atoms with Gasteiger partial charge in [0.2, 0.25) is 5.95 Å². The van der Waals surface area contributed by atoms with E-state index in [-0.39, 0.29) is 5.91 Å². The minimum atomic E-state index is -0.119. The average Bonchev–Trinajstić information content (AvgIpc) is 3.44. The number of morpholine rings is 1. The van der Waals surface area contributed by atoms with Gasteiger partial charge in [0.25, 0.3) is 5.91 Å². The van der Waals surface area contributed by atoms with E-state index in [1.165, 1.54) is 25.8 Å². The molecule has 0 radical (unpaired) electrons. The van der Waals surface area contributed by atoms with Gasteiger partial charge in [0.1, 0.15) is 6.07 Å². The van der Waals surface area contributed by atoms with Crippen LogP contribution in [0.2, 0.25) is 0 Å². The van der Waals surface area contributed by atoms with Gasteiger partial charge in [-0.05, 0) is 61.7 Å². The Morgan fingerprint density at radius 1 is 1.02 bits per heavy atom. The lowest BCUT2D eigenvalue weighted by atomic mass is 10.1. The third-order valence-corrected chi connectivity index (χ3v) is 7.45. The molecule has 0 aliphatic carbocycles. The number of rotatable bonds is 13. The number of aromatic nitrogens is 3. The molecular formula is C32H37N7O2. The van der Waals surface area contributed by atoms with Crippen molar-refractivity contribution in [1.29, 1.82) is 5.26 Å². The van der Waals surface area contributed by atoms with Gasteiger partial charge in [-0.25, -0.2) is 9.97 Å². The molecule has 0 saturated carbocycles. The fourth-order valence-corrected chi connectivity index (χ4v) is 5.07. The molecule has 3 heterocycles. The molecule has 4 aromatic rings. The Hall–Kier alpha value is -4.26. The van der Waals surface area contributed by atoms with E-state index in [2.05, 4.69) is 36.6 Å². The SMILES string of the molecule is N#Cc1c[nH]c2ccc(CCNC(=O)c3ccc(-c4ccnc(NCCCCCCN5CCOCC5)n4)cc3)cc12. The summed E-state index contributed by atoms with van der Waals surface area (Å²) in [6.07, 6.45) is 8.89. The number of aromatic amines is 1. The highest BCUT2D eigenvalue weighted by Crippen LogP contribution is 2.20. The second-order valence-electron chi connectivity index (χ2n) is 10.3. The quantitative estimate of drug-likeness (QED) is 0.205. The maximum absolute atomic E-state index is 12.7. The molecule has 0 unspecified atom stereocenters. The van der Waals surface area contributed by atoms with Gasteiger partial charge in [-0.1, -0.05) is 31.0 Å². The van der Waals surface area contributed by atoms with Crippen molar-refractivity contribution in [1.82, 2.24) is 25.2 Å². The van der Waals surface area contributed by atoms with Crippen LogP contribution >= 0.6 is 0 Å². The molecule has 1 aliphatic heterocycles. The summed E-state index contributed by atoms with van der Waals surface area (Å²) in [7, 11) is 0. The maximum atomic E-state index is 12.7. The third-order valence-electron chi connectivity index (χ3n) is 7.45. The van der Waals surface area contributed by atoms with Crippen molar-refractivity contribution in [3.8, 4) is 17.3 Å². The van der Waals surface area contributed by atoms with E-state index >= 15 is 0 Å². The minimum absolute atomic E-state index is 0.119. The number of ether oxygens (including phenoxy) is 1. The Labute approximate surface area is 241 Å². The van der Waals surface area contributed by atoms with E-state index in [1.54, 1.807) is 12.4 Å². The molecule has 9 heteroatoms. The summed E-state index contributed by atoms with van der Waals surface area (Å²) < 4.78 is 5.41. The number of hydrogen-bond acceptors (Lipinski definition) is 7. The second-order valence-corrected chi connectivity index (χ2v) is 10.3. The second kappa shape index (κ2) is 14.4. The zero-order valence-corrected chi connectivity index (χ0v) is 23.4. The lowest BCUT2D eigenvalue weighted by Gasteiger charge is -2.26. The summed E-state index contributed by atoms with van der Waals surface area (Å²) >= 11 is 0. The molecule has 5 rings (SSSR count). The van der Waals surface area contributed by atoms with E-state index < -0.39 is 0 Å². The van der Waals surface area contributed by atoms with E-state index in [4.69, 9.17) is 4.74 Å². The van der Waals surface area contributed by atoms with Crippen LogP contribution in [-0.2, 0) is 11.2 Å². The highest BCUT2D eigenvalue weighted by atomic mass is 16.5. The summed E-state index contributed by atoms with van der Waals surface area (Å²) in [5, 5.41) is 16.5. The molecule has 1 amide bonds. The molecule has 1 aliphatic rings. The van der Waals surface area contributed by atoms with Crippen molar-refractivity contribution in [2.75, 3.05) is 51.3 Å². The van der Waals surface area contributed by atoms with Crippen molar-refractivity contribution in [2.45, 2.75) is 32.1 Å². The molecule has 2 aromatic heterocycles. The van der Waals surface area contributed by atoms with Crippen LogP contribution in [0.5, 0.6) is 0 Å². The summed E-state index contributed by atoms with van der Waals surface area (Å²) in [5.41, 5.74) is 4.99. The number of benzene rings is 2. The fourth-order valence-electron chi connectivity index (χ4n) is 5.07. The van der Waals surface area contributed by atoms with Crippen LogP contribution in [0.25, 0.3) is 22.2 Å². The Morgan fingerprint density at radius 2 is 1.85 bits per heavy atom. The van der Waals surface area contributed by atoms with E-state index in [9.17, 15) is 10.1 Å². The van der Waals surface area contributed by atoms with Gasteiger partial charge >= 0.3 is 0 Å². The van der Waals surface area contributed by atoms with Crippen molar-refractivity contribution in [3.05, 3.63) is 77.6 Å². The van der Waals surface area contributed by atoms with E-state index in [0.717, 1.165) is 67.0 Å². The zero-order chi connectivity index (χ0) is 28.3. The Balaban J connectivity index is 1.04. The molecule has 1 fully saturated rings. The molecule has 3 N–H and O–H groups in total. The Kier molecular flexibility index (Phi) is 9.93. The van der Waals surface area contributed by atoms with Gasteiger partial charge in [0.05, 0.1) is 24.5 Å². The van der Waals surface area contributed by atoms with Crippen LogP contribution in [0.3, 0.4) is 0 Å². The topological polar surface area (TPSA) is 119 Å². The molecule has 0 spiro atoms. The zero-order valence-electron chi connectivity index (χ0n) is 23.4. The number of hydrogen-bond donors (Lipinski definition) is 3. The number of anilines is 1. The highest BCUT2D eigenvalue weighted by molar-refractivity contribution is 5.94. The largest absolute Gasteiger partial charge is 0.379 e. The molecule has 0 bridgehead atoms. The first-order chi connectivity index (χ1) is 20.2. The summed E-state index contributed by atoms with van der Waals surface area (Å²) in [4.78, 5) is 27.3. The molecule has 9 nitrogen and oxygen atoms in total. The maximum Gasteiger partial charge on any atom is 0.251 e. The van der Waals surface area contributed by atoms with Crippen molar-refractivity contribution >= 4 is 22.8 Å². The molecular weight excluding hydrogens is 514 g/mol. The summed E-state index contributed by atoms with van der Waals surface area (Å²) in [6, 6.07) is 17.5. The summed E-state index contributed by atoms with van der Waals surface area (Å²) in [5.74, 6) is 0.504. The Bertz CT molecular complexity index is 1470. The van der Waals surface area contributed by atoms with Crippen molar-refractivity contribution < 1.29 is 9.53 Å². The standard InChI is InChI=1S/C32H37N7O2/c33-22-27-23-37-30-10-5-24(21-28(27)30)11-14-34-31(40)26-8-6-25(7-9-26)29-12-15-36-32(38-29)35-13-3-1-2-4-16-39-17-19-41-20-18-39/h5-10,12,15,21,23,37H,1-4,11,13-14,16-20H2,(H,34,40)(H,35,36,38). The Morgan fingerprint density at radius 3 is 2.68 bits per heavy atom. The number of amides is 1. The monoisotopic (exact) mass is 551 g/mol. The number of carbonyl (C=O) groups is 1. The van der Waals surface area contributed by atoms with Crippen LogP contribution in [0, 0.1) is 11.3 Å². The number of nitrogens with one attached hydrogen (secondary N) is 3. The number of fused-ring (bicyclic) bond motifs is 1. The van der Waals surface area contributed by atoms with Gasteiger partial charge in [0, 0.05) is 60.6 Å². The van der Waals surface area contributed by atoms with Crippen LogP contribution in [-0.4, -0.2) is 71.7 Å². The van der Waals surface area contributed by atoms with Crippen LogP contribution < -0.4 is 10.6 Å². The lowest BCUT2D eigenvalue weighted by Crippen LogP contribution is -2.36. The predicted molar refractivity (Wildman–Crippen MR) is 161 cm³/mol. The minimum Gasteiger partial charge on any atom is -0.379 e. The fraction of sp³-hybridized carbons (Fsp3) is 0.375. The van der Waals surface area contributed by atoms with Gasteiger partial charge < -0.3 is 20.4 Å². The van der Waals surface area contributed by atoms with E-state index in [1.807, 2.05) is 48.5 Å². The molecule has 0 atom stereocenters. The summed E-state index contributed by atoms with van der Waals surface area (Å²) in [6.45, 7) is 6.36.